The maximum Gasteiger partial charge on any atom is 0.269 e. The molecule has 1 saturated heterocycles. The number of hydrogen-bond donors (Lipinski definition) is 1. The van der Waals surface area contributed by atoms with E-state index in [9.17, 15) is 18.5 Å². The van der Waals surface area contributed by atoms with Gasteiger partial charge in [0.05, 0.1) is 9.82 Å². The molecule has 1 heterocycles. The zero-order chi connectivity index (χ0) is 16.3. The highest BCUT2D eigenvalue weighted by Gasteiger charge is 2.33. The quantitative estimate of drug-likeness (QED) is 0.655. The van der Waals surface area contributed by atoms with Gasteiger partial charge >= 0.3 is 0 Å². The van der Waals surface area contributed by atoms with Gasteiger partial charge < -0.3 is 5.32 Å². The predicted molar refractivity (Wildman–Crippen MR) is 83.1 cm³/mol. The Morgan fingerprint density at radius 3 is 2.55 bits per heavy atom. The third-order valence-electron chi connectivity index (χ3n) is 3.69. The molecule has 0 radical (unpaired) electrons. The van der Waals surface area contributed by atoms with Crippen molar-refractivity contribution in [2.45, 2.75) is 31.2 Å². The number of nitrogens with one attached hydrogen (secondary N) is 1. The molecule has 0 unspecified atom stereocenters. The van der Waals surface area contributed by atoms with Crippen molar-refractivity contribution in [3.63, 3.8) is 0 Å². The Bertz CT molecular complexity index is 628. The summed E-state index contributed by atoms with van der Waals surface area (Å²) in [5.74, 6) is 0.388. The first-order valence-electron chi connectivity index (χ1n) is 7.29. The van der Waals surface area contributed by atoms with Crippen molar-refractivity contribution in [1.29, 1.82) is 0 Å². The molecule has 1 N–H and O–H groups in total. The lowest BCUT2D eigenvalue weighted by molar-refractivity contribution is -0.384. The molecule has 0 spiro atoms. The maximum absolute atomic E-state index is 12.8. The van der Waals surface area contributed by atoms with Crippen molar-refractivity contribution in [1.82, 2.24) is 9.62 Å². The van der Waals surface area contributed by atoms with Crippen LogP contribution in [0.1, 0.15) is 20.3 Å². The zero-order valence-corrected chi connectivity index (χ0v) is 13.5. The van der Waals surface area contributed by atoms with Crippen LogP contribution in [0.25, 0.3) is 0 Å². The highest BCUT2D eigenvalue weighted by atomic mass is 32.2. The number of rotatable bonds is 5. The molecular formula is C14H21N3O4S. The van der Waals surface area contributed by atoms with Crippen molar-refractivity contribution >= 4 is 15.7 Å². The van der Waals surface area contributed by atoms with Crippen LogP contribution in [-0.4, -0.2) is 43.3 Å². The molecule has 0 aliphatic carbocycles. The van der Waals surface area contributed by atoms with Crippen LogP contribution < -0.4 is 5.32 Å². The van der Waals surface area contributed by atoms with Gasteiger partial charge in [-0.2, -0.15) is 4.31 Å². The molecule has 7 nitrogen and oxygen atoms in total. The molecule has 1 aliphatic heterocycles. The number of nitrogens with zero attached hydrogens (tertiary/aromatic N) is 2. The van der Waals surface area contributed by atoms with Crippen molar-refractivity contribution in [2.75, 3.05) is 19.6 Å². The summed E-state index contributed by atoms with van der Waals surface area (Å²) in [7, 11) is -3.63. The predicted octanol–water partition coefficient (Wildman–Crippen LogP) is 1.60. The highest BCUT2D eigenvalue weighted by Crippen LogP contribution is 2.24. The monoisotopic (exact) mass is 327 g/mol. The lowest BCUT2D eigenvalue weighted by Gasteiger charge is -2.36. The van der Waals surface area contributed by atoms with E-state index >= 15 is 0 Å². The molecule has 0 amide bonds. The number of benzene rings is 1. The molecule has 122 valence electrons. The van der Waals surface area contributed by atoms with Crippen LogP contribution >= 0.6 is 0 Å². The number of nitro groups is 1. The van der Waals surface area contributed by atoms with Crippen LogP contribution in [-0.2, 0) is 10.0 Å². The van der Waals surface area contributed by atoms with Gasteiger partial charge in [-0.1, -0.05) is 13.8 Å². The molecule has 1 aromatic rings. The second-order valence-electron chi connectivity index (χ2n) is 5.85. The van der Waals surface area contributed by atoms with Crippen molar-refractivity contribution in [3.8, 4) is 0 Å². The fraction of sp³-hybridized carbons (Fsp3) is 0.571. The van der Waals surface area contributed by atoms with Gasteiger partial charge in [0.2, 0.25) is 10.0 Å². The Hall–Kier alpha value is -1.51. The van der Waals surface area contributed by atoms with Gasteiger partial charge in [-0.25, -0.2) is 8.42 Å². The third kappa shape index (κ3) is 3.63. The van der Waals surface area contributed by atoms with E-state index in [1.54, 1.807) is 0 Å². The van der Waals surface area contributed by atoms with Gasteiger partial charge in [-0.05, 0) is 24.5 Å². The number of piperazine rings is 1. The summed E-state index contributed by atoms with van der Waals surface area (Å²) in [6, 6.07) is 4.98. The van der Waals surface area contributed by atoms with E-state index in [4.69, 9.17) is 0 Å². The fourth-order valence-electron chi connectivity index (χ4n) is 2.68. The average Bonchev–Trinajstić information content (AvgIpc) is 2.47. The SMILES string of the molecule is CC(C)C[C@H]1CNCCN1S(=O)(=O)c1ccc([N+](=O)[O-])cc1. The van der Waals surface area contributed by atoms with Gasteiger partial charge in [0.15, 0.2) is 0 Å². The van der Waals surface area contributed by atoms with Crippen LogP contribution in [0.5, 0.6) is 0 Å². The molecule has 2 rings (SSSR count). The van der Waals surface area contributed by atoms with Crippen LogP contribution in [0.15, 0.2) is 29.2 Å². The first kappa shape index (κ1) is 16.9. The van der Waals surface area contributed by atoms with Crippen LogP contribution in [0, 0.1) is 16.0 Å². The first-order valence-corrected chi connectivity index (χ1v) is 8.73. The standard InChI is InChI=1S/C14H21N3O4S/c1-11(2)9-13-10-15-7-8-16(13)22(20,21)14-5-3-12(4-6-14)17(18)19/h3-6,11,13,15H,7-10H2,1-2H3/t13-/m0/s1. The number of sulfonamides is 1. The summed E-state index contributed by atoms with van der Waals surface area (Å²) >= 11 is 0. The normalized spacial score (nSPS) is 20.2. The second-order valence-corrected chi connectivity index (χ2v) is 7.74. The summed E-state index contributed by atoms with van der Waals surface area (Å²) in [6.07, 6.45) is 0.777. The largest absolute Gasteiger partial charge is 0.314 e. The van der Waals surface area contributed by atoms with E-state index in [2.05, 4.69) is 19.2 Å². The van der Waals surface area contributed by atoms with Crippen molar-refractivity contribution in [3.05, 3.63) is 34.4 Å². The van der Waals surface area contributed by atoms with Gasteiger partial charge in [-0.3, -0.25) is 10.1 Å². The van der Waals surface area contributed by atoms with E-state index < -0.39 is 14.9 Å². The number of nitro benzene ring substituents is 1. The van der Waals surface area contributed by atoms with Gasteiger partial charge in [0, 0.05) is 37.8 Å². The average molecular weight is 327 g/mol. The molecule has 1 aliphatic rings. The Morgan fingerprint density at radius 2 is 2.00 bits per heavy atom. The Balaban J connectivity index is 2.28. The summed E-state index contributed by atoms with van der Waals surface area (Å²) in [5, 5.41) is 13.9. The van der Waals surface area contributed by atoms with Crippen molar-refractivity contribution in [2.24, 2.45) is 5.92 Å². The Morgan fingerprint density at radius 1 is 1.36 bits per heavy atom. The summed E-state index contributed by atoms with van der Waals surface area (Å²) < 4.78 is 27.1. The first-order chi connectivity index (χ1) is 10.3. The minimum absolute atomic E-state index is 0.0889. The summed E-state index contributed by atoms with van der Waals surface area (Å²) in [4.78, 5) is 10.2. The van der Waals surface area contributed by atoms with Crippen LogP contribution in [0.4, 0.5) is 5.69 Å². The molecule has 0 aromatic heterocycles. The topological polar surface area (TPSA) is 92.6 Å². The molecule has 0 bridgehead atoms. The lowest BCUT2D eigenvalue weighted by atomic mass is 10.0. The van der Waals surface area contributed by atoms with E-state index in [0.29, 0.717) is 25.6 Å². The second kappa shape index (κ2) is 6.72. The smallest absolute Gasteiger partial charge is 0.269 e. The molecule has 22 heavy (non-hydrogen) atoms. The Kier molecular flexibility index (Phi) is 5.15. The van der Waals surface area contributed by atoms with E-state index in [0.717, 1.165) is 6.42 Å². The number of non-ortho nitro benzene ring substituents is 1. The van der Waals surface area contributed by atoms with Gasteiger partial charge in [0.1, 0.15) is 0 Å². The van der Waals surface area contributed by atoms with Gasteiger partial charge in [-0.15, -0.1) is 0 Å². The zero-order valence-electron chi connectivity index (χ0n) is 12.7. The van der Waals surface area contributed by atoms with E-state index in [1.807, 2.05) is 0 Å². The van der Waals surface area contributed by atoms with Crippen LogP contribution in [0.2, 0.25) is 0 Å². The third-order valence-corrected chi connectivity index (χ3v) is 5.66. The summed E-state index contributed by atoms with van der Waals surface area (Å²) in [5.41, 5.74) is -0.113. The Labute approximate surface area is 130 Å². The molecule has 1 atom stereocenters. The van der Waals surface area contributed by atoms with Crippen LogP contribution in [0.3, 0.4) is 0 Å². The highest BCUT2D eigenvalue weighted by molar-refractivity contribution is 7.89. The molecule has 1 fully saturated rings. The lowest BCUT2D eigenvalue weighted by Crippen LogP contribution is -2.53. The molecule has 1 aromatic carbocycles. The molecule has 8 heteroatoms. The van der Waals surface area contributed by atoms with E-state index in [1.165, 1.54) is 28.6 Å². The van der Waals surface area contributed by atoms with Crippen molar-refractivity contribution < 1.29 is 13.3 Å². The molecular weight excluding hydrogens is 306 g/mol. The van der Waals surface area contributed by atoms with Gasteiger partial charge in [0.25, 0.3) is 5.69 Å². The maximum atomic E-state index is 12.8. The summed E-state index contributed by atoms with van der Waals surface area (Å²) in [6.45, 7) is 5.78. The minimum atomic E-state index is -3.63. The number of hydrogen-bond acceptors (Lipinski definition) is 5. The molecule has 0 saturated carbocycles. The fourth-order valence-corrected chi connectivity index (χ4v) is 4.31. The minimum Gasteiger partial charge on any atom is -0.314 e. The van der Waals surface area contributed by atoms with E-state index in [-0.39, 0.29) is 16.6 Å².